The van der Waals surface area contributed by atoms with Crippen molar-refractivity contribution >= 4 is 29.1 Å². The quantitative estimate of drug-likeness (QED) is 0.771. The minimum absolute atomic E-state index is 0.431. The van der Waals surface area contributed by atoms with Gasteiger partial charge in [0.1, 0.15) is 10.7 Å². The van der Waals surface area contributed by atoms with Gasteiger partial charge < -0.3 is 15.4 Å². The second-order valence-corrected chi connectivity index (χ2v) is 7.67. The van der Waals surface area contributed by atoms with Gasteiger partial charge in [0.2, 0.25) is 5.95 Å². The van der Waals surface area contributed by atoms with Crippen LogP contribution in [0, 0.1) is 12.8 Å². The number of anilines is 3. The van der Waals surface area contributed by atoms with Crippen LogP contribution in [0.4, 0.5) is 17.5 Å². The van der Waals surface area contributed by atoms with Crippen molar-refractivity contribution in [2.24, 2.45) is 5.92 Å². The zero-order valence-corrected chi connectivity index (χ0v) is 16.0. The van der Waals surface area contributed by atoms with Crippen LogP contribution in [0.3, 0.4) is 0 Å². The topological polar surface area (TPSA) is 76.9 Å². The third-order valence-corrected chi connectivity index (χ3v) is 5.56. The number of rotatable bonds is 1. The number of halogens is 1. The number of nitrogens with one attached hydrogen (secondary N) is 2. The van der Waals surface area contributed by atoms with Gasteiger partial charge in [-0.05, 0) is 44.9 Å². The van der Waals surface area contributed by atoms with E-state index in [0.29, 0.717) is 35.3 Å². The highest BCUT2D eigenvalue weighted by atomic mass is 35.5. The molecular formula is C18H25ClN6O. The van der Waals surface area contributed by atoms with E-state index < -0.39 is 0 Å². The van der Waals surface area contributed by atoms with E-state index in [1.54, 1.807) is 6.20 Å². The molecule has 0 aromatic carbocycles. The minimum atomic E-state index is 0.431. The fourth-order valence-electron chi connectivity index (χ4n) is 3.69. The molecule has 1 fully saturated rings. The summed E-state index contributed by atoms with van der Waals surface area (Å²) in [6.45, 7) is 5.72. The molecule has 0 amide bonds. The number of hydrogen-bond donors (Lipinski definition) is 2. The molecule has 0 atom stereocenters. The molecule has 2 aromatic heterocycles. The van der Waals surface area contributed by atoms with Crippen LogP contribution in [-0.2, 0) is 0 Å². The lowest BCUT2D eigenvalue weighted by molar-refractivity contribution is 0.257. The number of hydrogen-bond acceptors (Lipinski definition) is 6. The Labute approximate surface area is 158 Å². The molecular weight excluding hydrogens is 352 g/mol. The summed E-state index contributed by atoms with van der Waals surface area (Å²) in [6, 6.07) is 0.431. The van der Waals surface area contributed by atoms with E-state index in [0.717, 1.165) is 43.1 Å². The van der Waals surface area contributed by atoms with Crippen LogP contribution >= 0.6 is 11.6 Å². The lowest BCUT2D eigenvalue weighted by atomic mass is 9.87. The lowest BCUT2D eigenvalue weighted by Gasteiger charge is -2.27. The first-order chi connectivity index (χ1) is 12.6. The van der Waals surface area contributed by atoms with Gasteiger partial charge in [-0.25, -0.2) is 4.98 Å². The van der Waals surface area contributed by atoms with Crippen LogP contribution < -0.4 is 15.4 Å². The molecule has 1 aliphatic carbocycles. The predicted octanol–water partition coefficient (Wildman–Crippen LogP) is 4.32. The van der Waals surface area contributed by atoms with Crippen LogP contribution in [-0.4, -0.2) is 32.9 Å². The van der Waals surface area contributed by atoms with Crippen molar-refractivity contribution in [1.82, 2.24) is 19.7 Å². The van der Waals surface area contributed by atoms with E-state index in [4.69, 9.17) is 21.4 Å². The highest BCUT2D eigenvalue weighted by Crippen LogP contribution is 2.37. The van der Waals surface area contributed by atoms with Gasteiger partial charge in [0.05, 0.1) is 24.5 Å². The Balaban J connectivity index is 1.68. The van der Waals surface area contributed by atoms with E-state index in [-0.39, 0.29) is 0 Å². The van der Waals surface area contributed by atoms with Gasteiger partial charge >= 0.3 is 0 Å². The molecule has 2 aromatic rings. The summed E-state index contributed by atoms with van der Waals surface area (Å²) in [5.74, 6) is 2.56. The van der Waals surface area contributed by atoms with E-state index >= 15 is 0 Å². The van der Waals surface area contributed by atoms with Crippen molar-refractivity contribution in [3.05, 3.63) is 16.9 Å². The normalized spacial score (nSPS) is 23.0. The number of aromatic nitrogens is 4. The molecule has 0 radical (unpaired) electrons. The van der Waals surface area contributed by atoms with Gasteiger partial charge in [0.15, 0.2) is 5.82 Å². The molecule has 0 unspecified atom stereocenters. The molecule has 0 spiro atoms. The van der Waals surface area contributed by atoms with Gasteiger partial charge in [0.25, 0.3) is 5.88 Å². The molecule has 140 valence electrons. The third kappa shape index (κ3) is 3.45. The number of ether oxygens (including phenoxy) is 1. The van der Waals surface area contributed by atoms with Gasteiger partial charge in [0, 0.05) is 6.54 Å². The molecule has 3 heterocycles. The monoisotopic (exact) mass is 376 g/mol. The van der Waals surface area contributed by atoms with Crippen molar-refractivity contribution in [3.63, 3.8) is 0 Å². The Morgan fingerprint density at radius 1 is 1.27 bits per heavy atom. The maximum atomic E-state index is 6.18. The smallest absolute Gasteiger partial charge is 0.257 e. The standard InChI is InChI=1S/C18H25ClN6O/c1-11-4-6-13(7-5-11)25-12(2)15-17(24-25)26-9-3-8-20-16-14(19)10-21-18(22-15)23-16/h10-11,13H,3-9H2,1-2H3,(H2,20,21,22,23). The first kappa shape index (κ1) is 17.4. The van der Waals surface area contributed by atoms with E-state index in [2.05, 4.69) is 39.1 Å². The molecule has 0 saturated heterocycles. The average Bonchev–Trinajstić information content (AvgIpc) is 2.92. The van der Waals surface area contributed by atoms with Crippen LogP contribution in [0.1, 0.15) is 50.8 Å². The van der Waals surface area contributed by atoms with Crippen molar-refractivity contribution in [1.29, 1.82) is 0 Å². The maximum Gasteiger partial charge on any atom is 0.257 e. The molecule has 1 aliphatic heterocycles. The maximum absolute atomic E-state index is 6.18. The molecule has 2 aliphatic rings. The van der Waals surface area contributed by atoms with Crippen LogP contribution in [0.5, 0.6) is 5.88 Å². The lowest BCUT2D eigenvalue weighted by Crippen LogP contribution is -2.19. The largest absolute Gasteiger partial charge is 0.475 e. The fourth-order valence-corrected chi connectivity index (χ4v) is 3.85. The Hall–Kier alpha value is -2.02. The van der Waals surface area contributed by atoms with Gasteiger partial charge in [-0.3, -0.25) is 4.68 Å². The molecule has 2 N–H and O–H groups in total. The minimum Gasteiger partial charge on any atom is -0.475 e. The molecule has 4 rings (SSSR count). The first-order valence-electron chi connectivity index (χ1n) is 9.37. The zero-order chi connectivity index (χ0) is 18.1. The third-order valence-electron chi connectivity index (χ3n) is 5.28. The first-order valence-corrected chi connectivity index (χ1v) is 9.75. The average molecular weight is 377 g/mol. The molecule has 1 saturated carbocycles. The fraction of sp³-hybridized carbons (Fsp3) is 0.611. The van der Waals surface area contributed by atoms with Crippen molar-refractivity contribution in [2.45, 2.75) is 52.0 Å². The predicted molar refractivity (Wildman–Crippen MR) is 103 cm³/mol. The summed E-state index contributed by atoms with van der Waals surface area (Å²) < 4.78 is 8.11. The Bertz CT molecular complexity index is 784. The Morgan fingerprint density at radius 2 is 2.08 bits per heavy atom. The summed E-state index contributed by atoms with van der Waals surface area (Å²) in [4.78, 5) is 8.79. The highest BCUT2D eigenvalue weighted by Gasteiger charge is 2.26. The molecule has 8 heteroatoms. The van der Waals surface area contributed by atoms with Crippen molar-refractivity contribution in [2.75, 3.05) is 23.8 Å². The summed E-state index contributed by atoms with van der Waals surface area (Å²) in [5, 5.41) is 11.8. The number of fused-ring (bicyclic) bond motifs is 3. The van der Waals surface area contributed by atoms with Crippen LogP contribution in [0.25, 0.3) is 0 Å². The second kappa shape index (κ2) is 7.31. The van der Waals surface area contributed by atoms with Gasteiger partial charge in [-0.15, -0.1) is 5.10 Å². The van der Waals surface area contributed by atoms with Gasteiger partial charge in [-0.1, -0.05) is 18.5 Å². The summed E-state index contributed by atoms with van der Waals surface area (Å²) in [5.41, 5.74) is 1.91. The molecule has 7 nitrogen and oxygen atoms in total. The van der Waals surface area contributed by atoms with Crippen LogP contribution in [0.2, 0.25) is 5.02 Å². The molecule has 26 heavy (non-hydrogen) atoms. The van der Waals surface area contributed by atoms with Crippen LogP contribution in [0.15, 0.2) is 6.20 Å². The Kier molecular flexibility index (Phi) is 4.89. The Morgan fingerprint density at radius 3 is 2.88 bits per heavy atom. The summed E-state index contributed by atoms with van der Waals surface area (Å²) in [6.07, 6.45) is 7.26. The number of nitrogens with zero attached hydrogens (tertiary/aromatic N) is 4. The van der Waals surface area contributed by atoms with Gasteiger partial charge in [-0.2, -0.15) is 4.98 Å². The van der Waals surface area contributed by atoms with E-state index in [9.17, 15) is 0 Å². The molecule has 2 bridgehead atoms. The van der Waals surface area contributed by atoms with E-state index in [1.165, 1.54) is 12.8 Å². The SMILES string of the molecule is Cc1c2c(nn1C1CCC(C)CC1)OCCCNc1nc(ncc1Cl)N2. The van der Waals surface area contributed by atoms with Crippen molar-refractivity contribution < 1.29 is 4.74 Å². The van der Waals surface area contributed by atoms with E-state index in [1.807, 2.05) is 0 Å². The summed E-state index contributed by atoms with van der Waals surface area (Å²) in [7, 11) is 0. The summed E-state index contributed by atoms with van der Waals surface area (Å²) >= 11 is 6.18. The highest BCUT2D eigenvalue weighted by molar-refractivity contribution is 6.32. The van der Waals surface area contributed by atoms with Crippen molar-refractivity contribution in [3.8, 4) is 5.88 Å². The second-order valence-electron chi connectivity index (χ2n) is 7.27. The zero-order valence-electron chi connectivity index (χ0n) is 15.3.